The van der Waals surface area contributed by atoms with Crippen LogP contribution in [0.3, 0.4) is 0 Å². The molecule has 1 aromatic carbocycles. The number of hydrogen-bond acceptors (Lipinski definition) is 21. The fourth-order valence-corrected chi connectivity index (χ4v) is 12.4. The molecule has 1 unspecified atom stereocenters. The van der Waals surface area contributed by atoms with E-state index in [0.29, 0.717) is 36.5 Å². The van der Waals surface area contributed by atoms with Gasteiger partial charge in [0.25, 0.3) is 0 Å². The van der Waals surface area contributed by atoms with Crippen LogP contribution in [0.2, 0.25) is 0 Å². The van der Waals surface area contributed by atoms with Crippen LogP contribution in [0.15, 0.2) is 23.1 Å². The number of carboxylic acids is 1. The van der Waals surface area contributed by atoms with Crippen molar-refractivity contribution in [2.24, 2.45) is 17.8 Å². The van der Waals surface area contributed by atoms with Crippen molar-refractivity contribution in [3.05, 3.63) is 34.1 Å². The number of cyclic esters (lactones) is 1. The van der Waals surface area contributed by atoms with Gasteiger partial charge in [-0.1, -0.05) is 20.8 Å². The fraction of sp³-hybridized carbons (Fsp3) is 0.797. The zero-order chi connectivity index (χ0) is 60.8. The van der Waals surface area contributed by atoms with Crippen molar-refractivity contribution in [1.29, 1.82) is 0 Å². The number of anilines is 1. The lowest BCUT2D eigenvalue weighted by Crippen LogP contribution is -2.61. The summed E-state index contributed by atoms with van der Waals surface area (Å²) in [5, 5.41) is 61.3. The first-order chi connectivity index (χ1) is 38.5. The molecule has 466 valence electrons. The van der Waals surface area contributed by atoms with Crippen LogP contribution in [-0.2, 0) is 52.2 Å². The van der Waals surface area contributed by atoms with E-state index in [0.717, 1.165) is 12.8 Å². The lowest BCUT2D eigenvalue weighted by molar-refractivity contribution is -0.318. The van der Waals surface area contributed by atoms with Gasteiger partial charge in [0.2, 0.25) is 5.43 Å². The van der Waals surface area contributed by atoms with E-state index in [9.17, 15) is 44.7 Å². The first kappa shape index (κ1) is 67.1. The maximum atomic E-state index is 14.6. The van der Waals surface area contributed by atoms with Crippen molar-refractivity contribution < 1.29 is 87.3 Å². The summed E-state index contributed by atoms with van der Waals surface area (Å²) in [6.45, 7) is 18.8. The van der Waals surface area contributed by atoms with Crippen LogP contribution in [-0.4, -0.2) is 223 Å². The minimum absolute atomic E-state index is 0.0208. The smallest absolute Gasteiger partial charge is 0.341 e. The molecule has 0 radical (unpaired) electrons. The highest BCUT2D eigenvalue weighted by Gasteiger charge is 2.54. The minimum atomic E-state index is -1.87. The number of pyridine rings is 1. The summed E-state index contributed by atoms with van der Waals surface area (Å²) in [5.41, 5.74) is -4.43. The Kier molecular flexibility index (Phi) is 23.2. The first-order valence-electron chi connectivity index (χ1n) is 29.1. The molecule has 23 heteroatoms. The molecular formula is C59H96N4O19. The molecule has 6 N–H and O–H groups in total. The second-order valence-corrected chi connectivity index (χ2v) is 24.4. The quantitative estimate of drug-likeness (QED) is 0.0749. The van der Waals surface area contributed by atoms with E-state index in [2.05, 4.69) is 5.32 Å². The maximum absolute atomic E-state index is 14.6. The predicted molar refractivity (Wildman–Crippen MR) is 303 cm³/mol. The molecule has 0 spiro atoms. The molecule has 1 saturated carbocycles. The van der Waals surface area contributed by atoms with Crippen LogP contribution in [0.1, 0.15) is 131 Å². The molecule has 18 atom stereocenters. The maximum Gasteiger partial charge on any atom is 0.341 e. The molecule has 4 aliphatic rings. The number of benzene rings is 1. The SMILES string of the molecule is CC[C@H]1OC(=O)[C@H](C)[C@@H](O[C@H]2C[C@@](C)(OC)[C@@H](OC(=O)CCOCCOCCNc3cc4c(=O)c(C(=O)O)cn(C5CC5)c4cc3OC)[C@H](C)O2)[C@H](C)[C@@H](OC2O[C@H](C)C[C@H](N(C)C)[C@H]2O)[C@](C)(O)C[C@@H](C)CN(C)[C@H](C)[C@@H](O)[C@]1(C)O. The molecule has 2 aromatic rings. The van der Waals surface area contributed by atoms with Gasteiger partial charge in [-0.15, -0.1) is 0 Å². The molecular weight excluding hydrogens is 1070 g/mol. The van der Waals surface area contributed by atoms with E-state index in [-0.39, 0.29) is 87.2 Å². The largest absolute Gasteiger partial charge is 0.495 e. The number of rotatable bonds is 21. The van der Waals surface area contributed by atoms with Crippen LogP contribution in [0, 0.1) is 17.8 Å². The van der Waals surface area contributed by atoms with Crippen LogP contribution in [0.5, 0.6) is 5.75 Å². The molecule has 4 fully saturated rings. The summed E-state index contributed by atoms with van der Waals surface area (Å²) in [4.78, 5) is 56.9. The Morgan fingerprint density at radius 1 is 0.902 bits per heavy atom. The van der Waals surface area contributed by atoms with E-state index in [1.807, 2.05) is 49.4 Å². The van der Waals surface area contributed by atoms with Gasteiger partial charge in [0.05, 0.1) is 87.1 Å². The fourth-order valence-electron chi connectivity index (χ4n) is 12.4. The molecule has 3 saturated heterocycles. The van der Waals surface area contributed by atoms with Crippen LogP contribution in [0.4, 0.5) is 5.69 Å². The van der Waals surface area contributed by atoms with E-state index < -0.39 is 113 Å². The Hall–Kier alpha value is -4.08. The predicted octanol–water partition coefficient (Wildman–Crippen LogP) is 4.34. The molecule has 4 heterocycles. The molecule has 23 nitrogen and oxygen atoms in total. The summed E-state index contributed by atoms with van der Waals surface area (Å²) in [5.74, 6) is -4.26. The van der Waals surface area contributed by atoms with Crippen molar-refractivity contribution in [2.75, 3.05) is 80.2 Å². The number of aliphatic hydroxyl groups excluding tert-OH is 2. The molecule has 1 aromatic heterocycles. The highest BCUT2D eigenvalue weighted by atomic mass is 16.7. The van der Waals surface area contributed by atoms with Gasteiger partial charge in [-0.2, -0.15) is 0 Å². The zero-order valence-electron chi connectivity index (χ0n) is 51.0. The number of likely N-dealkylation sites (N-methyl/N-ethyl adjacent to an activating group) is 2. The van der Waals surface area contributed by atoms with Crippen LogP contribution >= 0.6 is 0 Å². The lowest BCUT2D eigenvalue weighted by atomic mass is 9.77. The Labute approximate surface area is 483 Å². The van der Waals surface area contributed by atoms with Gasteiger partial charge >= 0.3 is 17.9 Å². The van der Waals surface area contributed by atoms with Crippen LogP contribution < -0.4 is 15.5 Å². The second-order valence-electron chi connectivity index (χ2n) is 24.4. The molecule has 6 rings (SSSR count). The van der Waals surface area contributed by atoms with Crippen molar-refractivity contribution >= 4 is 34.5 Å². The number of esters is 2. The van der Waals surface area contributed by atoms with Gasteiger partial charge in [0.15, 0.2) is 18.7 Å². The number of aromatic carboxylic acids is 1. The highest BCUT2D eigenvalue weighted by Crippen LogP contribution is 2.42. The standard InChI is InChI=1S/C59H96N4O19/c1-16-45-59(10,72)51(67)36(6)62(13)30-32(2)28-57(8,71)52(82-56-49(66)43(61(11)12)25-33(3)77-56)34(4)50(35(5)55(70)79-45)81-47-29-58(9,74-15)53(37(7)78-47)80-46(64)19-21-75-23-24-76-22-20-60-41-26-39-42(27-44(41)73-14)63(38-17-18-38)31-40(48(39)65)54(68)69/h26-27,31-38,43,45,47,49-53,56,60,66-67,71-72H,16-25,28-30H2,1-15H3,(H,68,69)/t32-,33-,34+,35-,36-,37+,43+,45-,47+,49-,50+,51-,52-,53+,56?,57-,58-,59-/m1/s1. The number of ether oxygens (including phenoxy) is 10. The lowest BCUT2D eigenvalue weighted by Gasteiger charge is -2.49. The summed E-state index contributed by atoms with van der Waals surface area (Å²) in [7, 11) is 8.57. The van der Waals surface area contributed by atoms with Crippen LogP contribution in [0.25, 0.3) is 10.9 Å². The normalized spacial score (nSPS) is 36.5. The third-order valence-corrected chi connectivity index (χ3v) is 17.3. The summed E-state index contributed by atoms with van der Waals surface area (Å²) < 4.78 is 63.7. The summed E-state index contributed by atoms with van der Waals surface area (Å²) in [6.07, 6.45) is -6.14. The summed E-state index contributed by atoms with van der Waals surface area (Å²) >= 11 is 0. The Bertz CT molecular complexity index is 2510. The Morgan fingerprint density at radius 2 is 1.57 bits per heavy atom. The second kappa shape index (κ2) is 28.4. The van der Waals surface area contributed by atoms with Gasteiger partial charge in [-0.05, 0) is 114 Å². The molecule has 82 heavy (non-hydrogen) atoms. The highest BCUT2D eigenvalue weighted by molar-refractivity contribution is 5.94. The van der Waals surface area contributed by atoms with Gasteiger partial charge < -0.3 is 92.6 Å². The molecule has 0 amide bonds. The third-order valence-electron chi connectivity index (χ3n) is 17.3. The third kappa shape index (κ3) is 15.9. The number of carbonyl (C=O) groups is 3. The van der Waals surface area contributed by atoms with E-state index >= 15 is 0 Å². The van der Waals surface area contributed by atoms with Gasteiger partial charge in [0.1, 0.15) is 40.8 Å². The zero-order valence-corrected chi connectivity index (χ0v) is 51.0. The van der Waals surface area contributed by atoms with Crippen molar-refractivity contribution in [3.63, 3.8) is 0 Å². The number of nitrogens with one attached hydrogen (secondary N) is 1. The Morgan fingerprint density at radius 3 is 2.18 bits per heavy atom. The number of carboxylic acid groups (broad SMARTS) is 1. The Balaban J connectivity index is 1.11. The van der Waals surface area contributed by atoms with Gasteiger partial charge in [0, 0.05) is 68.3 Å². The number of methoxy groups -OCH3 is 2. The van der Waals surface area contributed by atoms with E-state index in [1.165, 1.54) is 27.3 Å². The number of nitrogens with zero attached hydrogens (tertiary/aromatic N) is 3. The number of fused-ring (bicyclic) bond motifs is 1. The topological polar surface area (TPSA) is 285 Å². The average Bonchev–Trinajstić information content (AvgIpc) is 4.31. The number of aliphatic hydroxyl groups is 4. The number of hydrogen-bond donors (Lipinski definition) is 6. The van der Waals surface area contributed by atoms with E-state index in [4.69, 9.17) is 47.4 Å². The van der Waals surface area contributed by atoms with Crippen molar-refractivity contribution in [3.8, 4) is 5.75 Å². The summed E-state index contributed by atoms with van der Waals surface area (Å²) in [6, 6.07) is 2.55. The minimum Gasteiger partial charge on any atom is -0.495 e. The molecule has 1 aliphatic carbocycles. The average molecular weight is 1170 g/mol. The van der Waals surface area contributed by atoms with Crippen molar-refractivity contribution in [1.82, 2.24) is 14.4 Å². The number of carbonyl (C=O) groups excluding carboxylic acids is 2. The first-order valence-corrected chi connectivity index (χ1v) is 29.1. The number of aromatic nitrogens is 1. The molecule has 3 aliphatic heterocycles. The van der Waals surface area contributed by atoms with Crippen molar-refractivity contribution in [2.45, 2.75) is 211 Å². The van der Waals surface area contributed by atoms with Gasteiger partial charge in [-0.25, -0.2) is 4.79 Å². The molecule has 0 bridgehead atoms. The monoisotopic (exact) mass is 1160 g/mol. The van der Waals surface area contributed by atoms with E-state index in [1.54, 1.807) is 60.6 Å². The van der Waals surface area contributed by atoms with Gasteiger partial charge in [-0.3, -0.25) is 14.4 Å².